The van der Waals surface area contributed by atoms with Crippen molar-refractivity contribution in [3.05, 3.63) is 23.4 Å². The van der Waals surface area contributed by atoms with Gasteiger partial charge in [0.05, 0.1) is 0 Å². The van der Waals surface area contributed by atoms with Crippen LogP contribution >= 0.6 is 0 Å². The van der Waals surface area contributed by atoms with Crippen molar-refractivity contribution in [1.29, 1.82) is 0 Å². The Labute approximate surface area is 97.7 Å². The van der Waals surface area contributed by atoms with Gasteiger partial charge in [-0.1, -0.05) is 6.07 Å². The number of hydrogen-bond acceptors (Lipinski definition) is 3. The summed E-state index contributed by atoms with van der Waals surface area (Å²) in [6.45, 7) is 6.09. The van der Waals surface area contributed by atoms with Gasteiger partial charge in [0.15, 0.2) is 0 Å². The number of pyridine rings is 1. The topological polar surface area (TPSA) is 42.2 Å². The van der Waals surface area contributed by atoms with Crippen molar-refractivity contribution in [2.75, 3.05) is 18.0 Å². The number of aryl methyl sites for hydroxylation is 1. The van der Waals surface area contributed by atoms with E-state index in [9.17, 15) is 0 Å². The Kier molecular flexibility index (Phi) is 3.44. The fourth-order valence-corrected chi connectivity index (χ4v) is 2.20. The van der Waals surface area contributed by atoms with Crippen LogP contribution in [0.2, 0.25) is 0 Å². The van der Waals surface area contributed by atoms with Crippen molar-refractivity contribution in [2.45, 2.75) is 39.2 Å². The van der Waals surface area contributed by atoms with Gasteiger partial charge in [-0.3, -0.25) is 0 Å². The van der Waals surface area contributed by atoms with Crippen molar-refractivity contribution in [3.63, 3.8) is 0 Å². The number of nitrogens with zero attached hydrogens (tertiary/aromatic N) is 2. The summed E-state index contributed by atoms with van der Waals surface area (Å²) in [5, 5.41) is 0. The quantitative estimate of drug-likeness (QED) is 0.822. The van der Waals surface area contributed by atoms with Crippen LogP contribution in [0.4, 0.5) is 5.82 Å². The lowest BCUT2D eigenvalue weighted by molar-refractivity contribution is 0.801. The molecule has 0 radical (unpaired) electrons. The molecule has 1 saturated carbocycles. The predicted molar refractivity (Wildman–Crippen MR) is 67.8 cm³/mol. The first-order valence-corrected chi connectivity index (χ1v) is 6.18. The van der Waals surface area contributed by atoms with Crippen LogP contribution < -0.4 is 10.6 Å². The van der Waals surface area contributed by atoms with Gasteiger partial charge in [0.2, 0.25) is 0 Å². The first-order valence-electron chi connectivity index (χ1n) is 6.18. The second kappa shape index (κ2) is 4.83. The van der Waals surface area contributed by atoms with Crippen molar-refractivity contribution in [2.24, 2.45) is 5.73 Å². The van der Waals surface area contributed by atoms with E-state index in [1.54, 1.807) is 0 Å². The molecule has 0 saturated heterocycles. The zero-order valence-corrected chi connectivity index (χ0v) is 10.2. The Bertz CT molecular complexity index is 358. The highest BCUT2D eigenvalue weighted by atomic mass is 15.2. The molecule has 2 N–H and O–H groups in total. The molecule has 1 aromatic heterocycles. The minimum atomic E-state index is 0.695. The van der Waals surface area contributed by atoms with Crippen LogP contribution in [-0.2, 0) is 6.42 Å². The van der Waals surface area contributed by atoms with Gasteiger partial charge in [-0.05, 0) is 50.8 Å². The third-order valence-corrected chi connectivity index (χ3v) is 3.14. The van der Waals surface area contributed by atoms with E-state index in [-0.39, 0.29) is 0 Å². The van der Waals surface area contributed by atoms with Crippen LogP contribution in [0.1, 0.15) is 30.9 Å². The first-order chi connectivity index (χ1) is 7.76. The largest absolute Gasteiger partial charge is 0.354 e. The van der Waals surface area contributed by atoms with Crippen molar-refractivity contribution >= 4 is 5.82 Å². The maximum atomic E-state index is 5.55. The Morgan fingerprint density at radius 3 is 2.75 bits per heavy atom. The summed E-state index contributed by atoms with van der Waals surface area (Å²) in [6, 6.07) is 2.96. The normalized spacial score (nSPS) is 15.2. The van der Waals surface area contributed by atoms with Gasteiger partial charge < -0.3 is 10.6 Å². The van der Waals surface area contributed by atoms with Crippen LogP contribution in [0, 0.1) is 6.92 Å². The van der Waals surface area contributed by atoms with Gasteiger partial charge in [0, 0.05) is 18.8 Å². The van der Waals surface area contributed by atoms with E-state index in [1.807, 2.05) is 6.20 Å². The summed E-state index contributed by atoms with van der Waals surface area (Å²) in [5.41, 5.74) is 8.08. The molecule has 1 heterocycles. The van der Waals surface area contributed by atoms with Gasteiger partial charge in [-0.2, -0.15) is 0 Å². The fourth-order valence-electron chi connectivity index (χ4n) is 2.20. The molecular weight excluding hydrogens is 198 g/mol. The SMILES string of the molecule is CCN(c1ncc(CCN)cc1C)C1CC1. The molecule has 1 fully saturated rings. The summed E-state index contributed by atoms with van der Waals surface area (Å²) in [4.78, 5) is 7.02. The third kappa shape index (κ3) is 2.35. The van der Waals surface area contributed by atoms with Gasteiger partial charge in [-0.15, -0.1) is 0 Å². The minimum Gasteiger partial charge on any atom is -0.354 e. The van der Waals surface area contributed by atoms with Gasteiger partial charge in [-0.25, -0.2) is 4.98 Å². The standard InChI is InChI=1S/C13H21N3/c1-3-16(12-4-5-12)13-10(2)8-11(6-7-14)9-15-13/h8-9,12H,3-7,14H2,1-2H3. The molecule has 88 valence electrons. The molecule has 2 rings (SSSR count). The van der Waals surface area contributed by atoms with E-state index in [0.29, 0.717) is 6.54 Å². The van der Waals surface area contributed by atoms with Gasteiger partial charge in [0.25, 0.3) is 0 Å². The second-order valence-corrected chi connectivity index (χ2v) is 4.54. The molecule has 1 aliphatic rings. The lowest BCUT2D eigenvalue weighted by atomic mass is 10.1. The van der Waals surface area contributed by atoms with E-state index in [0.717, 1.165) is 24.8 Å². The highest BCUT2D eigenvalue weighted by molar-refractivity contribution is 5.49. The lowest BCUT2D eigenvalue weighted by Gasteiger charge is -2.23. The van der Waals surface area contributed by atoms with E-state index in [1.165, 1.54) is 24.0 Å². The maximum Gasteiger partial charge on any atom is 0.131 e. The molecule has 3 heteroatoms. The Balaban J connectivity index is 2.20. The van der Waals surface area contributed by atoms with E-state index >= 15 is 0 Å². The van der Waals surface area contributed by atoms with Crippen molar-refractivity contribution in [3.8, 4) is 0 Å². The monoisotopic (exact) mass is 219 g/mol. The van der Waals surface area contributed by atoms with Crippen LogP contribution in [0.5, 0.6) is 0 Å². The van der Waals surface area contributed by atoms with Crippen molar-refractivity contribution in [1.82, 2.24) is 4.98 Å². The van der Waals surface area contributed by atoms with E-state index in [4.69, 9.17) is 5.73 Å². The Hall–Kier alpha value is -1.09. The van der Waals surface area contributed by atoms with Crippen LogP contribution in [0.25, 0.3) is 0 Å². The summed E-state index contributed by atoms with van der Waals surface area (Å²) >= 11 is 0. The van der Waals surface area contributed by atoms with Crippen LogP contribution in [0.3, 0.4) is 0 Å². The fraction of sp³-hybridized carbons (Fsp3) is 0.615. The molecule has 0 bridgehead atoms. The highest BCUT2D eigenvalue weighted by Gasteiger charge is 2.29. The Morgan fingerprint density at radius 1 is 1.50 bits per heavy atom. The minimum absolute atomic E-state index is 0.695. The smallest absolute Gasteiger partial charge is 0.131 e. The number of nitrogens with two attached hydrogens (primary N) is 1. The molecule has 0 aliphatic heterocycles. The van der Waals surface area contributed by atoms with Crippen LogP contribution in [0.15, 0.2) is 12.3 Å². The lowest BCUT2D eigenvalue weighted by Crippen LogP contribution is -2.26. The first kappa shape index (κ1) is 11.4. The second-order valence-electron chi connectivity index (χ2n) is 4.54. The number of hydrogen-bond donors (Lipinski definition) is 1. The van der Waals surface area contributed by atoms with Gasteiger partial charge in [0.1, 0.15) is 5.82 Å². The third-order valence-electron chi connectivity index (χ3n) is 3.14. The summed E-state index contributed by atoms with van der Waals surface area (Å²) in [6.07, 6.45) is 5.53. The van der Waals surface area contributed by atoms with E-state index in [2.05, 4.69) is 29.8 Å². The molecule has 1 aliphatic carbocycles. The predicted octanol–water partition coefficient (Wildman–Crippen LogP) is 1.88. The summed E-state index contributed by atoms with van der Waals surface area (Å²) in [5.74, 6) is 1.16. The zero-order chi connectivity index (χ0) is 11.5. The molecular formula is C13H21N3. The number of rotatable bonds is 5. The average molecular weight is 219 g/mol. The average Bonchev–Trinajstić information content (AvgIpc) is 3.07. The van der Waals surface area contributed by atoms with E-state index < -0.39 is 0 Å². The van der Waals surface area contributed by atoms with Crippen molar-refractivity contribution < 1.29 is 0 Å². The molecule has 1 aromatic rings. The summed E-state index contributed by atoms with van der Waals surface area (Å²) in [7, 11) is 0. The molecule has 0 aromatic carbocycles. The highest BCUT2D eigenvalue weighted by Crippen LogP contribution is 2.31. The summed E-state index contributed by atoms with van der Waals surface area (Å²) < 4.78 is 0. The zero-order valence-electron chi connectivity index (χ0n) is 10.2. The molecule has 3 nitrogen and oxygen atoms in total. The Morgan fingerprint density at radius 2 is 2.25 bits per heavy atom. The van der Waals surface area contributed by atoms with Crippen LogP contribution in [-0.4, -0.2) is 24.1 Å². The number of anilines is 1. The molecule has 16 heavy (non-hydrogen) atoms. The molecule has 0 unspecified atom stereocenters. The molecule has 0 spiro atoms. The molecule has 0 atom stereocenters. The van der Waals surface area contributed by atoms with Gasteiger partial charge >= 0.3 is 0 Å². The maximum absolute atomic E-state index is 5.55. The molecule has 0 amide bonds. The number of aromatic nitrogens is 1.